The fourth-order valence-corrected chi connectivity index (χ4v) is 1.76. The van der Waals surface area contributed by atoms with E-state index in [0.717, 1.165) is 18.8 Å². The zero-order valence-corrected chi connectivity index (χ0v) is 10.3. The molecule has 0 aliphatic carbocycles. The Labute approximate surface area is 102 Å². The van der Waals surface area contributed by atoms with Gasteiger partial charge in [-0.1, -0.05) is 12.1 Å². The molecule has 0 spiro atoms. The Morgan fingerprint density at radius 2 is 1.76 bits per heavy atom. The summed E-state index contributed by atoms with van der Waals surface area (Å²) in [5.74, 6) is 0.900. The molecule has 1 aromatic heterocycles. The largest absolute Gasteiger partial charge is 0.497 e. The van der Waals surface area contributed by atoms with Crippen molar-refractivity contribution in [1.29, 1.82) is 0 Å². The molecule has 2 rings (SSSR count). The maximum absolute atomic E-state index is 5.12. The van der Waals surface area contributed by atoms with Crippen molar-refractivity contribution in [1.82, 2.24) is 9.88 Å². The highest BCUT2D eigenvalue weighted by Gasteiger charge is 1.96. The summed E-state index contributed by atoms with van der Waals surface area (Å²) in [6.07, 6.45) is 4.19. The lowest BCUT2D eigenvalue weighted by Crippen LogP contribution is -2.12. The topological polar surface area (TPSA) is 26.2 Å². The molecule has 0 aliphatic heterocycles. The van der Waals surface area contributed by atoms with Crippen LogP contribution in [0.25, 0.3) is 0 Å². The van der Waals surface area contributed by atoms with Gasteiger partial charge in [-0.2, -0.15) is 0 Å². The van der Waals surface area contributed by atoms with Crippen LogP contribution >= 0.6 is 0 Å². The Morgan fingerprint density at radius 1 is 1.06 bits per heavy atom. The number of aryl methyl sites for hydroxylation is 1. The summed E-state index contributed by atoms with van der Waals surface area (Å²) in [5, 5.41) is 3.41. The summed E-state index contributed by atoms with van der Waals surface area (Å²) in [6.45, 7) is 1.77. The van der Waals surface area contributed by atoms with Gasteiger partial charge in [-0.15, -0.1) is 0 Å². The molecule has 0 saturated carbocycles. The minimum absolute atomic E-state index is 0.874. The van der Waals surface area contributed by atoms with Gasteiger partial charge in [-0.05, 0) is 29.3 Å². The Morgan fingerprint density at radius 3 is 2.35 bits per heavy atom. The molecule has 0 radical (unpaired) electrons. The van der Waals surface area contributed by atoms with Crippen LogP contribution in [0, 0.1) is 0 Å². The molecule has 1 N–H and O–H groups in total. The summed E-state index contributed by atoms with van der Waals surface area (Å²) >= 11 is 0. The first-order chi connectivity index (χ1) is 8.28. The van der Waals surface area contributed by atoms with Crippen molar-refractivity contribution in [2.24, 2.45) is 7.05 Å². The predicted octanol–water partition coefficient (Wildman–Crippen LogP) is 2.32. The Bertz CT molecular complexity index is 459. The van der Waals surface area contributed by atoms with E-state index < -0.39 is 0 Å². The van der Waals surface area contributed by atoms with Crippen LogP contribution in [0.5, 0.6) is 5.75 Å². The normalized spacial score (nSPS) is 10.5. The van der Waals surface area contributed by atoms with Gasteiger partial charge in [0.2, 0.25) is 0 Å². The van der Waals surface area contributed by atoms with Crippen LogP contribution in [-0.4, -0.2) is 11.7 Å². The van der Waals surface area contributed by atoms with Crippen LogP contribution in [0.15, 0.2) is 42.7 Å². The molecule has 2 aromatic rings. The second-order valence-corrected chi connectivity index (χ2v) is 4.14. The van der Waals surface area contributed by atoms with E-state index in [-0.39, 0.29) is 0 Å². The van der Waals surface area contributed by atoms with Gasteiger partial charge >= 0.3 is 0 Å². The van der Waals surface area contributed by atoms with Gasteiger partial charge in [0, 0.05) is 32.5 Å². The van der Waals surface area contributed by atoms with Gasteiger partial charge in [-0.25, -0.2) is 0 Å². The van der Waals surface area contributed by atoms with Crippen LogP contribution in [-0.2, 0) is 20.1 Å². The lowest BCUT2D eigenvalue weighted by molar-refractivity contribution is 0.414. The van der Waals surface area contributed by atoms with Crippen molar-refractivity contribution in [3.63, 3.8) is 0 Å². The van der Waals surface area contributed by atoms with Crippen molar-refractivity contribution in [2.75, 3.05) is 7.11 Å². The monoisotopic (exact) mass is 230 g/mol. The second-order valence-electron chi connectivity index (χ2n) is 4.14. The van der Waals surface area contributed by atoms with E-state index in [1.807, 2.05) is 19.2 Å². The van der Waals surface area contributed by atoms with Gasteiger partial charge in [-0.3, -0.25) is 0 Å². The number of nitrogens with zero attached hydrogens (tertiary/aromatic N) is 1. The van der Waals surface area contributed by atoms with Crippen molar-refractivity contribution in [3.05, 3.63) is 53.9 Å². The summed E-state index contributed by atoms with van der Waals surface area (Å²) in [6, 6.07) is 10.3. The predicted molar refractivity (Wildman–Crippen MR) is 69.0 cm³/mol. The quantitative estimate of drug-likeness (QED) is 0.853. The molecule has 0 aliphatic rings. The lowest BCUT2D eigenvalue weighted by atomic mass is 10.2. The molecule has 0 amide bonds. The Kier molecular flexibility index (Phi) is 3.83. The number of ether oxygens (including phenoxy) is 1. The van der Waals surface area contributed by atoms with E-state index in [9.17, 15) is 0 Å². The van der Waals surface area contributed by atoms with Crippen LogP contribution in [0.3, 0.4) is 0 Å². The van der Waals surface area contributed by atoms with E-state index in [0.29, 0.717) is 0 Å². The molecule has 1 aromatic carbocycles. The number of benzene rings is 1. The molecule has 3 nitrogen and oxygen atoms in total. The van der Waals surface area contributed by atoms with Gasteiger partial charge < -0.3 is 14.6 Å². The second kappa shape index (κ2) is 5.55. The standard InChI is InChI=1S/C14H18N2O/c1-16-8-7-13(11-16)10-15-9-12-3-5-14(17-2)6-4-12/h3-8,11,15H,9-10H2,1-2H3. The maximum atomic E-state index is 5.12. The van der Waals surface area contributed by atoms with E-state index in [2.05, 4.69) is 40.5 Å². The minimum atomic E-state index is 0.874. The molecule has 3 heteroatoms. The minimum Gasteiger partial charge on any atom is -0.497 e. The van der Waals surface area contributed by atoms with Crippen molar-refractivity contribution < 1.29 is 4.74 Å². The smallest absolute Gasteiger partial charge is 0.118 e. The number of methoxy groups -OCH3 is 1. The Balaban J connectivity index is 1.81. The molecule has 1 heterocycles. The van der Waals surface area contributed by atoms with E-state index in [1.54, 1.807) is 7.11 Å². The van der Waals surface area contributed by atoms with Crippen LogP contribution in [0.2, 0.25) is 0 Å². The maximum Gasteiger partial charge on any atom is 0.118 e. The van der Waals surface area contributed by atoms with Gasteiger partial charge in [0.1, 0.15) is 5.75 Å². The fraction of sp³-hybridized carbons (Fsp3) is 0.286. The first kappa shape index (κ1) is 11.7. The van der Waals surface area contributed by atoms with Crippen molar-refractivity contribution >= 4 is 0 Å². The number of hydrogen-bond acceptors (Lipinski definition) is 2. The van der Waals surface area contributed by atoms with Crippen LogP contribution in [0.4, 0.5) is 0 Å². The van der Waals surface area contributed by atoms with E-state index in [1.165, 1.54) is 11.1 Å². The van der Waals surface area contributed by atoms with E-state index >= 15 is 0 Å². The molecular formula is C14H18N2O. The third-order valence-electron chi connectivity index (χ3n) is 2.71. The van der Waals surface area contributed by atoms with Crippen LogP contribution in [0.1, 0.15) is 11.1 Å². The SMILES string of the molecule is COc1ccc(CNCc2ccn(C)c2)cc1. The van der Waals surface area contributed by atoms with Gasteiger partial charge in [0.05, 0.1) is 7.11 Å². The molecule has 0 unspecified atom stereocenters. The first-order valence-corrected chi connectivity index (χ1v) is 5.72. The van der Waals surface area contributed by atoms with Crippen molar-refractivity contribution in [3.8, 4) is 5.75 Å². The first-order valence-electron chi connectivity index (χ1n) is 5.72. The third kappa shape index (κ3) is 3.36. The lowest BCUT2D eigenvalue weighted by Gasteiger charge is -2.05. The molecule has 0 fully saturated rings. The summed E-state index contributed by atoms with van der Waals surface area (Å²) in [7, 11) is 3.72. The summed E-state index contributed by atoms with van der Waals surface area (Å²) in [4.78, 5) is 0. The van der Waals surface area contributed by atoms with Gasteiger partial charge in [0.25, 0.3) is 0 Å². The molecule has 0 bridgehead atoms. The van der Waals surface area contributed by atoms with E-state index in [4.69, 9.17) is 4.74 Å². The summed E-state index contributed by atoms with van der Waals surface area (Å²) < 4.78 is 7.18. The number of hydrogen-bond donors (Lipinski definition) is 1. The highest BCUT2D eigenvalue weighted by molar-refractivity contribution is 5.27. The Hall–Kier alpha value is -1.74. The number of nitrogens with one attached hydrogen (secondary N) is 1. The average Bonchev–Trinajstić information content (AvgIpc) is 2.76. The zero-order valence-electron chi connectivity index (χ0n) is 10.3. The average molecular weight is 230 g/mol. The molecular weight excluding hydrogens is 212 g/mol. The highest BCUT2D eigenvalue weighted by Crippen LogP contribution is 2.11. The number of rotatable bonds is 5. The molecule has 17 heavy (non-hydrogen) atoms. The molecule has 90 valence electrons. The number of aromatic nitrogens is 1. The third-order valence-corrected chi connectivity index (χ3v) is 2.71. The zero-order chi connectivity index (χ0) is 12.1. The van der Waals surface area contributed by atoms with Gasteiger partial charge in [0.15, 0.2) is 0 Å². The highest BCUT2D eigenvalue weighted by atomic mass is 16.5. The molecule has 0 atom stereocenters. The fourth-order valence-electron chi connectivity index (χ4n) is 1.76. The van der Waals surface area contributed by atoms with Crippen LogP contribution < -0.4 is 10.1 Å². The molecule has 0 saturated heterocycles. The summed E-state index contributed by atoms with van der Waals surface area (Å²) in [5.41, 5.74) is 2.57. The van der Waals surface area contributed by atoms with Crippen molar-refractivity contribution in [2.45, 2.75) is 13.1 Å².